The molecule has 8 heteroatoms. The molecule has 7 nitrogen and oxygen atoms in total. The van der Waals surface area contributed by atoms with E-state index in [0.717, 1.165) is 10.7 Å². The summed E-state index contributed by atoms with van der Waals surface area (Å²) in [6.45, 7) is 3.48. The van der Waals surface area contributed by atoms with Crippen molar-refractivity contribution in [3.63, 3.8) is 0 Å². The van der Waals surface area contributed by atoms with Gasteiger partial charge in [0.05, 0.1) is 12.5 Å². The van der Waals surface area contributed by atoms with Gasteiger partial charge < -0.3 is 5.11 Å². The number of hydrogen-bond donors (Lipinski definition) is 2. The Morgan fingerprint density at radius 2 is 2.11 bits per heavy atom. The topological polar surface area (TPSA) is 111 Å². The van der Waals surface area contributed by atoms with Gasteiger partial charge >= 0.3 is 5.97 Å². The van der Waals surface area contributed by atoms with Crippen LogP contribution in [-0.4, -0.2) is 42.9 Å². The Balaban J connectivity index is 4.81. The van der Waals surface area contributed by atoms with Crippen LogP contribution in [0.5, 0.6) is 0 Å². The van der Waals surface area contributed by atoms with Crippen molar-refractivity contribution in [3.8, 4) is 6.07 Å². The van der Waals surface area contributed by atoms with E-state index >= 15 is 0 Å². The van der Waals surface area contributed by atoms with Crippen LogP contribution in [-0.2, 0) is 15.0 Å². The molecular formula is C11H21N3O4S. The van der Waals surface area contributed by atoms with Crippen molar-refractivity contribution in [2.45, 2.75) is 51.6 Å². The van der Waals surface area contributed by atoms with Crippen molar-refractivity contribution in [2.75, 3.05) is 7.05 Å². The number of carboxylic acids is 1. The van der Waals surface area contributed by atoms with Gasteiger partial charge in [-0.15, -0.1) is 0 Å². The molecule has 2 N–H and O–H groups in total. The molecule has 0 aromatic carbocycles. The summed E-state index contributed by atoms with van der Waals surface area (Å²) in [5.41, 5.74) is 0. The van der Waals surface area contributed by atoms with Crippen molar-refractivity contribution in [2.24, 2.45) is 0 Å². The van der Waals surface area contributed by atoms with Gasteiger partial charge in [-0.25, -0.2) is 0 Å². The third kappa shape index (κ3) is 6.00. The minimum absolute atomic E-state index is 0.0457. The van der Waals surface area contributed by atoms with Crippen LogP contribution in [0.15, 0.2) is 0 Å². The van der Waals surface area contributed by atoms with Gasteiger partial charge in [0, 0.05) is 13.1 Å². The summed E-state index contributed by atoms with van der Waals surface area (Å²) in [6.07, 6.45) is 1.69. The van der Waals surface area contributed by atoms with Crippen molar-refractivity contribution in [3.05, 3.63) is 0 Å². The second-order valence-electron chi connectivity index (χ2n) is 4.38. The first-order valence-corrected chi connectivity index (χ1v) is 7.55. The highest BCUT2D eigenvalue weighted by atomic mass is 32.2. The first-order chi connectivity index (χ1) is 8.76. The summed E-state index contributed by atoms with van der Waals surface area (Å²) >= 11 is 0. The third-order valence-corrected chi connectivity index (χ3v) is 4.52. The summed E-state index contributed by atoms with van der Waals surface area (Å²) in [6, 6.07) is 0.232. The summed E-state index contributed by atoms with van der Waals surface area (Å²) in [5, 5.41) is 17.5. The Bertz CT molecular complexity index is 430. The van der Waals surface area contributed by atoms with Crippen LogP contribution in [0.3, 0.4) is 0 Å². The molecule has 0 fully saturated rings. The van der Waals surface area contributed by atoms with Crippen molar-refractivity contribution in [1.29, 1.82) is 5.26 Å². The number of aliphatic carboxylic acids is 1. The smallest absolute Gasteiger partial charge is 0.321 e. The molecule has 0 radical (unpaired) electrons. The first-order valence-electron chi connectivity index (χ1n) is 6.11. The van der Waals surface area contributed by atoms with E-state index in [1.807, 2.05) is 13.0 Å². The number of unbranched alkanes of at least 4 members (excludes halogenated alkanes) is 1. The van der Waals surface area contributed by atoms with E-state index < -0.39 is 28.3 Å². The summed E-state index contributed by atoms with van der Waals surface area (Å²) in [7, 11) is -2.58. The molecule has 0 heterocycles. The van der Waals surface area contributed by atoms with Crippen LogP contribution in [0.4, 0.5) is 0 Å². The van der Waals surface area contributed by atoms with Crippen LogP contribution in [0.2, 0.25) is 0 Å². The summed E-state index contributed by atoms with van der Waals surface area (Å²) < 4.78 is 27.1. The van der Waals surface area contributed by atoms with Gasteiger partial charge in [-0.05, 0) is 13.3 Å². The fourth-order valence-corrected chi connectivity index (χ4v) is 2.69. The highest BCUT2D eigenvalue weighted by Gasteiger charge is 2.28. The van der Waals surface area contributed by atoms with E-state index in [1.54, 1.807) is 6.92 Å². The van der Waals surface area contributed by atoms with Crippen LogP contribution < -0.4 is 4.72 Å². The minimum atomic E-state index is -3.90. The van der Waals surface area contributed by atoms with Crippen LogP contribution >= 0.6 is 0 Å². The second-order valence-corrected chi connectivity index (χ2v) is 6.15. The minimum Gasteiger partial charge on any atom is -0.480 e. The third-order valence-electron chi connectivity index (χ3n) is 2.82. The number of hydrogen-bond acceptors (Lipinski definition) is 4. The molecular weight excluding hydrogens is 270 g/mol. The standard InChI is InChI=1S/C11H21N3O4S/c1-4-5-6-10(11(15)16)13-19(17,18)14(3)9(2)7-8-12/h9-10,13H,4-7H2,1-3H3,(H,15,16)/t9?,10-/m0/s1. The average molecular weight is 291 g/mol. The molecule has 0 aromatic rings. The molecule has 110 valence electrons. The molecule has 2 atom stereocenters. The Morgan fingerprint density at radius 3 is 2.53 bits per heavy atom. The maximum absolute atomic E-state index is 12.0. The Hall–Kier alpha value is -1.17. The van der Waals surface area contributed by atoms with Gasteiger partial charge in [0.2, 0.25) is 0 Å². The monoisotopic (exact) mass is 291 g/mol. The van der Waals surface area contributed by atoms with E-state index in [2.05, 4.69) is 4.72 Å². The molecule has 0 saturated carbocycles. The highest BCUT2D eigenvalue weighted by Crippen LogP contribution is 2.08. The number of rotatable bonds is 9. The summed E-state index contributed by atoms with van der Waals surface area (Å²) in [4.78, 5) is 11.0. The van der Waals surface area contributed by atoms with Crippen LogP contribution in [0.1, 0.15) is 39.5 Å². The van der Waals surface area contributed by atoms with E-state index in [1.165, 1.54) is 7.05 Å². The highest BCUT2D eigenvalue weighted by molar-refractivity contribution is 7.87. The lowest BCUT2D eigenvalue weighted by Crippen LogP contribution is -2.49. The number of nitrogens with one attached hydrogen (secondary N) is 1. The van der Waals surface area contributed by atoms with Gasteiger partial charge in [0.25, 0.3) is 10.2 Å². The second kappa shape index (κ2) is 8.09. The summed E-state index contributed by atoms with van der Waals surface area (Å²) in [5.74, 6) is -1.20. The Kier molecular flexibility index (Phi) is 7.59. The average Bonchev–Trinajstić information content (AvgIpc) is 2.33. The first kappa shape index (κ1) is 17.8. The zero-order valence-electron chi connectivity index (χ0n) is 11.5. The quantitative estimate of drug-likeness (QED) is 0.649. The van der Waals surface area contributed by atoms with Crippen molar-refractivity contribution >= 4 is 16.2 Å². The number of carboxylic acid groups (broad SMARTS) is 1. The largest absolute Gasteiger partial charge is 0.480 e. The molecule has 0 aliphatic heterocycles. The predicted octanol–water partition coefficient (Wildman–Crippen LogP) is 0.698. The number of nitrogens with zero attached hydrogens (tertiary/aromatic N) is 2. The molecule has 0 aliphatic carbocycles. The molecule has 0 bridgehead atoms. The molecule has 19 heavy (non-hydrogen) atoms. The van der Waals surface area contributed by atoms with Gasteiger partial charge in [0.1, 0.15) is 6.04 Å². The molecule has 0 rings (SSSR count). The maximum atomic E-state index is 12.0. The normalized spacial score (nSPS) is 14.9. The zero-order valence-corrected chi connectivity index (χ0v) is 12.3. The molecule has 1 unspecified atom stereocenters. The molecule has 0 aliphatic rings. The zero-order chi connectivity index (χ0) is 15.1. The SMILES string of the molecule is CCCC[C@H](NS(=O)(=O)N(C)C(C)CC#N)C(=O)O. The van der Waals surface area contributed by atoms with Crippen molar-refractivity contribution < 1.29 is 18.3 Å². The lowest BCUT2D eigenvalue weighted by atomic mass is 10.1. The van der Waals surface area contributed by atoms with Crippen LogP contribution in [0.25, 0.3) is 0 Å². The fraction of sp³-hybridized carbons (Fsp3) is 0.818. The number of carbonyl (C=O) groups is 1. The van der Waals surface area contributed by atoms with Gasteiger partial charge in [-0.1, -0.05) is 19.8 Å². The van der Waals surface area contributed by atoms with E-state index in [0.29, 0.717) is 6.42 Å². The van der Waals surface area contributed by atoms with E-state index in [-0.39, 0.29) is 12.8 Å². The van der Waals surface area contributed by atoms with Crippen molar-refractivity contribution in [1.82, 2.24) is 9.03 Å². The van der Waals surface area contributed by atoms with Gasteiger partial charge in [0.15, 0.2) is 0 Å². The Morgan fingerprint density at radius 1 is 1.53 bits per heavy atom. The fourth-order valence-electron chi connectivity index (χ4n) is 1.40. The van der Waals surface area contributed by atoms with Gasteiger partial charge in [-0.2, -0.15) is 22.7 Å². The van der Waals surface area contributed by atoms with E-state index in [4.69, 9.17) is 10.4 Å². The van der Waals surface area contributed by atoms with Crippen LogP contribution in [0, 0.1) is 11.3 Å². The van der Waals surface area contributed by atoms with E-state index in [9.17, 15) is 13.2 Å². The molecule has 0 spiro atoms. The predicted molar refractivity (Wildman–Crippen MR) is 70.5 cm³/mol. The molecule has 0 saturated heterocycles. The Labute approximate surface area is 114 Å². The van der Waals surface area contributed by atoms with Gasteiger partial charge in [-0.3, -0.25) is 4.79 Å². The lowest BCUT2D eigenvalue weighted by Gasteiger charge is -2.24. The molecule has 0 aromatic heterocycles. The molecule has 0 amide bonds. The maximum Gasteiger partial charge on any atom is 0.321 e. The lowest BCUT2D eigenvalue weighted by molar-refractivity contribution is -0.139. The number of nitriles is 1.